The number of aliphatic hydroxyl groups excluding tert-OH is 5. The predicted octanol–water partition coefficient (Wildman–Crippen LogP) is -0.156. The molecule has 7 N–H and O–H groups in total. The number of benzene rings is 2. The molecule has 4 rings (SSSR count). The molecule has 2 aromatic carbocycles. The van der Waals surface area contributed by atoms with Crippen molar-refractivity contribution >= 4 is 0 Å². The number of hydrogen-bond donors (Lipinski definition) is 7. The number of hydrogen-bond acceptors (Lipinski definition) is 11. The van der Waals surface area contributed by atoms with Crippen LogP contribution in [0.3, 0.4) is 0 Å². The van der Waals surface area contributed by atoms with E-state index in [2.05, 4.69) is 0 Å². The minimum atomic E-state index is -1.59. The van der Waals surface area contributed by atoms with Gasteiger partial charge in [0.2, 0.25) is 0 Å². The molecule has 1 saturated heterocycles. The Morgan fingerprint density at radius 3 is 2.22 bits per heavy atom. The van der Waals surface area contributed by atoms with Gasteiger partial charge in [0.1, 0.15) is 24.4 Å². The summed E-state index contributed by atoms with van der Waals surface area (Å²) in [6.07, 6.45) is -6.68. The summed E-state index contributed by atoms with van der Waals surface area (Å²) < 4.78 is 22.0. The Kier molecular flexibility index (Phi) is 8.44. The first-order valence-electron chi connectivity index (χ1n) is 12.0. The van der Waals surface area contributed by atoms with E-state index in [1.165, 1.54) is 20.3 Å². The van der Waals surface area contributed by atoms with Gasteiger partial charge < -0.3 is 54.7 Å². The Morgan fingerprint density at radius 1 is 0.865 bits per heavy atom. The lowest BCUT2D eigenvalue weighted by atomic mass is 9.67. The maximum atomic E-state index is 10.6. The molecule has 1 heterocycles. The largest absolute Gasteiger partial charge is 0.504 e. The Morgan fingerprint density at radius 2 is 1.57 bits per heavy atom. The maximum Gasteiger partial charge on any atom is 0.186 e. The molecule has 11 heteroatoms. The van der Waals surface area contributed by atoms with Crippen molar-refractivity contribution in [3.63, 3.8) is 0 Å². The van der Waals surface area contributed by atoms with Gasteiger partial charge in [-0.1, -0.05) is 6.07 Å². The van der Waals surface area contributed by atoms with Gasteiger partial charge in [-0.25, -0.2) is 0 Å². The molecule has 37 heavy (non-hydrogen) atoms. The summed E-state index contributed by atoms with van der Waals surface area (Å²) in [5, 5.41) is 71.2. The van der Waals surface area contributed by atoms with Crippen LogP contribution in [-0.2, 0) is 15.9 Å². The Labute approximate surface area is 214 Å². The monoisotopic (exact) mass is 522 g/mol. The third-order valence-corrected chi connectivity index (χ3v) is 7.39. The maximum absolute atomic E-state index is 10.6. The van der Waals surface area contributed by atoms with Crippen LogP contribution in [0.4, 0.5) is 0 Å². The van der Waals surface area contributed by atoms with Crippen LogP contribution in [0.5, 0.6) is 23.0 Å². The van der Waals surface area contributed by atoms with Crippen molar-refractivity contribution in [2.75, 3.05) is 34.0 Å². The van der Waals surface area contributed by atoms with Gasteiger partial charge in [0, 0.05) is 12.5 Å². The minimum Gasteiger partial charge on any atom is -0.504 e. The van der Waals surface area contributed by atoms with Crippen molar-refractivity contribution in [2.45, 2.75) is 43.0 Å². The molecule has 11 nitrogen and oxygen atoms in total. The number of aliphatic hydroxyl groups is 5. The first-order valence-corrected chi connectivity index (χ1v) is 12.0. The zero-order valence-corrected chi connectivity index (χ0v) is 20.6. The molecule has 8 atom stereocenters. The summed E-state index contributed by atoms with van der Waals surface area (Å²) in [5.41, 5.74) is 2.34. The second-order valence-corrected chi connectivity index (χ2v) is 9.47. The zero-order valence-electron chi connectivity index (χ0n) is 20.6. The summed E-state index contributed by atoms with van der Waals surface area (Å²) in [6, 6.07) is 8.22. The topological polar surface area (TPSA) is 179 Å². The molecule has 2 aliphatic rings. The van der Waals surface area contributed by atoms with Crippen molar-refractivity contribution in [3.05, 3.63) is 47.0 Å². The molecule has 1 fully saturated rings. The number of methoxy groups -OCH3 is 2. The smallest absolute Gasteiger partial charge is 0.186 e. The van der Waals surface area contributed by atoms with Crippen molar-refractivity contribution in [3.8, 4) is 23.0 Å². The van der Waals surface area contributed by atoms with Crippen LogP contribution in [0.2, 0.25) is 0 Å². The second-order valence-electron chi connectivity index (χ2n) is 9.47. The highest BCUT2D eigenvalue weighted by Crippen LogP contribution is 2.48. The summed E-state index contributed by atoms with van der Waals surface area (Å²) in [6.45, 7) is -0.830. The van der Waals surface area contributed by atoms with Crippen LogP contribution in [0, 0.1) is 11.8 Å². The van der Waals surface area contributed by atoms with E-state index in [1.807, 2.05) is 0 Å². The lowest BCUT2D eigenvalue weighted by molar-refractivity contribution is -0.304. The molecule has 204 valence electrons. The van der Waals surface area contributed by atoms with Gasteiger partial charge in [-0.15, -0.1) is 0 Å². The lowest BCUT2D eigenvalue weighted by Gasteiger charge is -2.43. The Balaban J connectivity index is 1.72. The fourth-order valence-electron chi connectivity index (χ4n) is 5.35. The Hall–Kier alpha value is -2.64. The van der Waals surface area contributed by atoms with E-state index in [-0.39, 0.29) is 36.4 Å². The van der Waals surface area contributed by atoms with Gasteiger partial charge in [0.15, 0.2) is 29.3 Å². The average Bonchev–Trinajstić information content (AvgIpc) is 2.90. The molecule has 0 amide bonds. The van der Waals surface area contributed by atoms with Crippen LogP contribution < -0.4 is 9.47 Å². The number of rotatable bonds is 8. The summed E-state index contributed by atoms with van der Waals surface area (Å²) in [7, 11) is 2.88. The molecular formula is C26H34O11. The van der Waals surface area contributed by atoms with Crippen LogP contribution >= 0.6 is 0 Å². The molecule has 0 unspecified atom stereocenters. The predicted molar refractivity (Wildman–Crippen MR) is 129 cm³/mol. The minimum absolute atomic E-state index is 0.0476. The van der Waals surface area contributed by atoms with E-state index in [0.717, 1.165) is 16.7 Å². The molecule has 0 radical (unpaired) electrons. The van der Waals surface area contributed by atoms with E-state index in [4.69, 9.17) is 18.9 Å². The number of fused-ring (bicyclic) bond motifs is 1. The first kappa shape index (κ1) is 27.4. The van der Waals surface area contributed by atoms with Crippen molar-refractivity contribution in [1.82, 2.24) is 0 Å². The zero-order chi connectivity index (χ0) is 26.9. The second kappa shape index (κ2) is 11.4. The van der Waals surface area contributed by atoms with Gasteiger partial charge in [-0.3, -0.25) is 0 Å². The first-order chi connectivity index (χ1) is 17.7. The van der Waals surface area contributed by atoms with Crippen molar-refractivity contribution in [1.29, 1.82) is 0 Å². The van der Waals surface area contributed by atoms with Crippen LogP contribution in [0.15, 0.2) is 30.3 Å². The highest BCUT2D eigenvalue weighted by Gasteiger charge is 2.45. The summed E-state index contributed by atoms with van der Waals surface area (Å²) >= 11 is 0. The van der Waals surface area contributed by atoms with E-state index < -0.39 is 49.1 Å². The molecule has 0 spiro atoms. The Bertz CT molecular complexity index is 1070. The standard InChI is InChI=1S/C26H34O11/c1-34-19-6-12(3-4-17(19)29)22-15-8-18(30)20(35-2)7-13(15)5-14(9-27)16(22)11-36-26-25(33)24(32)23(31)21(10-28)37-26/h3-4,6-8,14,16,21-33H,5,9-11H2,1-2H3/t14-,16-,21-,22+,23-,24+,25-,26-/m1/s1. The molecule has 0 saturated carbocycles. The van der Waals surface area contributed by atoms with Gasteiger partial charge in [-0.2, -0.15) is 0 Å². The average molecular weight is 523 g/mol. The van der Waals surface area contributed by atoms with E-state index >= 15 is 0 Å². The fourth-order valence-corrected chi connectivity index (χ4v) is 5.35. The van der Waals surface area contributed by atoms with E-state index in [1.54, 1.807) is 24.3 Å². The summed E-state index contributed by atoms with van der Waals surface area (Å²) in [4.78, 5) is 0. The molecule has 1 aliphatic heterocycles. The van der Waals surface area contributed by atoms with Gasteiger partial charge >= 0.3 is 0 Å². The molecule has 1 aliphatic carbocycles. The number of aromatic hydroxyl groups is 2. The highest BCUT2D eigenvalue weighted by molar-refractivity contribution is 5.53. The molecule has 2 aromatic rings. The van der Waals surface area contributed by atoms with Gasteiger partial charge in [0.05, 0.1) is 27.4 Å². The third kappa shape index (κ3) is 5.21. The number of phenolic OH excluding ortho intramolecular Hbond substituents is 2. The van der Waals surface area contributed by atoms with E-state index in [9.17, 15) is 35.7 Å². The number of ether oxygens (including phenoxy) is 4. The van der Waals surface area contributed by atoms with Crippen LogP contribution in [0.1, 0.15) is 22.6 Å². The molecule has 0 bridgehead atoms. The quantitative estimate of drug-likeness (QED) is 0.245. The highest BCUT2D eigenvalue weighted by atomic mass is 16.7. The normalized spacial score (nSPS) is 31.5. The lowest BCUT2D eigenvalue weighted by Crippen LogP contribution is -2.59. The molecular weight excluding hydrogens is 488 g/mol. The fraction of sp³-hybridized carbons (Fsp3) is 0.538. The number of phenols is 2. The molecule has 0 aromatic heterocycles. The SMILES string of the molecule is COc1cc([C@H]2c3cc(O)c(OC)cc3C[C@H](CO)[C@H]2CO[C@@H]2O[C@H](CO)[C@@H](O)[C@H](O)[C@H]2O)ccc1O. The van der Waals surface area contributed by atoms with E-state index in [0.29, 0.717) is 12.2 Å². The van der Waals surface area contributed by atoms with Crippen molar-refractivity contribution in [2.24, 2.45) is 11.8 Å². The van der Waals surface area contributed by atoms with Crippen LogP contribution in [-0.4, -0.2) is 100 Å². The van der Waals surface area contributed by atoms with Gasteiger partial charge in [-0.05, 0) is 59.2 Å². The van der Waals surface area contributed by atoms with Crippen molar-refractivity contribution < 1.29 is 54.7 Å². The summed E-state index contributed by atoms with van der Waals surface area (Å²) in [5.74, 6) is -0.744. The van der Waals surface area contributed by atoms with Crippen LogP contribution in [0.25, 0.3) is 0 Å². The third-order valence-electron chi connectivity index (χ3n) is 7.39. The van der Waals surface area contributed by atoms with Gasteiger partial charge in [0.25, 0.3) is 0 Å².